The highest BCUT2D eigenvalue weighted by Crippen LogP contribution is 2.26. The lowest BCUT2D eigenvalue weighted by Crippen LogP contribution is -2.06. The SMILES string of the molecule is C=C(COc1cc(C)c(-c2cc(C(=O)OCC)nn2C)cn1)CC(C)C. The number of pyridine rings is 1. The zero-order valence-corrected chi connectivity index (χ0v) is 16.2. The zero-order chi connectivity index (χ0) is 19.3. The van der Waals surface area contributed by atoms with E-state index in [0.29, 0.717) is 25.0 Å². The van der Waals surface area contributed by atoms with E-state index in [1.165, 1.54) is 0 Å². The molecule has 0 amide bonds. The Morgan fingerprint density at radius 2 is 2.08 bits per heavy atom. The van der Waals surface area contributed by atoms with Gasteiger partial charge in [-0.1, -0.05) is 20.4 Å². The molecule has 0 N–H and O–H groups in total. The summed E-state index contributed by atoms with van der Waals surface area (Å²) in [6.07, 6.45) is 2.67. The summed E-state index contributed by atoms with van der Waals surface area (Å²) in [5.41, 5.74) is 4.02. The Morgan fingerprint density at radius 3 is 2.69 bits per heavy atom. The van der Waals surface area contributed by atoms with Crippen LogP contribution in [0.4, 0.5) is 0 Å². The van der Waals surface area contributed by atoms with Gasteiger partial charge < -0.3 is 9.47 Å². The molecule has 2 rings (SSSR count). The molecule has 0 unspecified atom stereocenters. The van der Waals surface area contributed by atoms with Gasteiger partial charge >= 0.3 is 5.97 Å². The molecule has 0 aromatic carbocycles. The molecule has 0 atom stereocenters. The van der Waals surface area contributed by atoms with E-state index in [9.17, 15) is 4.79 Å². The number of carbonyl (C=O) groups is 1. The van der Waals surface area contributed by atoms with Gasteiger partial charge in [0.05, 0.1) is 12.3 Å². The van der Waals surface area contributed by atoms with Gasteiger partial charge in [-0.3, -0.25) is 4.68 Å². The molecule has 0 aliphatic rings. The van der Waals surface area contributed by atoms with Crippen LogP contribution in [0.25, 0.3) is 11.3 Å². The Hall–Kier alpha value is -2.63. The van der Waals surface area contributed by atoms with Crippen LogP contribution in [-0.4, -0.2) is 33.9 Å². The standard InChI is InChI=1S/C20H27N3O3/c1-7-25-20(24)17-10-18(23(6)22-17)16-11-21-19(9-15(16)5)26-12-14(4)8-13(2)3/h9-11,13H,4,7-8,12H2,1-3,5-6H3. The lowest BCUT2D eigenvalue weighted by molar-refractivity contribution is 0.0518. The molecule has 6 nitrogen and oxygen atoms in total. The number of esters is 1. The third-order valence-corrected chi connectivity index (χ3v) is 3.85. The van der Waals surface area contributed by atoms with Gasteiger partial charge in [0.25, 0.3) is 0 Å². The molecule has 0 spiro atoms. The summed E-state index contributed by atoms with van der Waals surface area (Å²) in [4.78, 5) is 16.2. The summed E-state index contributed by atoms with van der Waals surface area (Å²) in [5, 5.41) is 4.23. The molecule has 2 heterocycles. The number of hydrogen-bond acceptors (Lipinski definition) is 5. The van der Waals surface area contributed by atoms with E-state index in [2.05, 4.69) is 30.5 Å². The summed E-state index contributed by atoms with van der Waals surface area (Å²) < 4.78 is 12.4. The van der Waals surface area contributed by atoms with Crippen molar-refractivity contribution in [3.8, 4) is 17.1 Å². The van der Waals surface area contributed by atoms with Crippen molar-refractivity contribution in [3.05, 3.63) is 41.7 Å². The first kappa shape index (κ1) is 19.7. The number of nitrogens with zero attached hydrogens (tertiary/aromatic N) is 3. The van der Waals surface area contributed by atoms with Crippen LogP contribution in [0.3, 0.4) is 0 Å². The fourth-order valence-corrected chi connectivity index (χ4v) is 2.71. The van der Waals surface area contributed by atoms with E-state index < -0.39 is 5.97 Å². The highest BCUT2D eigenvalue weighted by Gasteiger charge is 2.16. The van der Waals surface area contributed by atoms with E-state index in [1.807, 2.05) is 13.0 Å². The summed E-state index contributed by atoms with van der Waals surface area (Å²) in [6, 6.07) is 3.60. The molecule has 0 fully saturated rings. The lowest BCUT2D eigenvalue weighted by atomic mass is 10.1. The first-order chi connectivity index (χ1) is 12.3. The van der Waals surface area contributed by atoms with Crippen LogP contribution in [-0.2, 0) is 11.8 Å². The summed E-state index contributed by atoms with van der Waals surface area (Å²) in [6.45, 7) is 12.9. The van der Waals surface area contributed by atoms with Crippen LogP contribution in [0.2, 0.25) is 0 Å². The van der Waals surface area contributed by atoms with Gasteiger partial charge in [0.1, 0.15) is 6.61 Å². The Morgan fingerprint density at radius 1 is 1.35 bits per heavy atom. The normalized spacial score (nSPS) is 10.8. The van der Waals surface area contributed by atoms with E-state index in [4.69, 9.17) is 9.47 Å². The van der Waals surface area contributed by atoms with E-state index in [-0.39, 0.29) is 5.69 Å². The number of rotatable bonds is 8. The van der Waals surface area contributed by atoms with Crippen molar-refractivity contribution in [1.82, 2.24) is 14.8 Å². The van der Waals surface area contributed by atoms with Crippen molar-refractivity contribution in [2.75, 3.05) is 13.2 Å². The first-order valence-corrected chi connectivity index (χ1v) is 8.79. The van der Waals surface area contributed by atoms with Crippen molar-refractivity contribution in [2.24, 2.45) is 13.0 Å². The minimum absolute atomic E-state index is 0.286. The van der Waals surface area contributed by atoms with E-state index >= 15 is 0 Å². The number of aromatic nitrogens is 3. The van der Waals surface area contributed by atoms with Crippen LogP contribution in [0.5, 0.6) is 5.88 Å². The van der Waals surface area contributed by atoms with Gasteiger partial charge in [-0.2, -0.15) is 5.10 Å². The number of carbonyl (C=O) groups excluding carboxylic acids is 1. The topological polar surface area (TPSA) is 66.2 Å². The summed E-state index contributed by atoms with van der Waals surface area (Å²) in [7, 11) is 1.79. The Bertz CT molecular complexity index is 794. The molecule has 2 aromatic heterocycles. The minimum atomic E-state index is -0.427. The van der Waals surface area contributed by atoms with Crippen LogP contribution in [0.1, 0.15) is 43.2 Å². The molecular formula is C20H27N3O3. The molecule has 6 heteroatoms. The fraction of sp³-hybridized carbons (Fsp3) is 0.450. The first-order valence-electron chi connectivity index (χ1n) is 8.79. The van der Waals surface area contributed by atoms with Crippen molar-refractivity contribution in [1.29, 1.82) is 0 Å². The van der Waals surface area contributed by atoms with Crippen LogP contribution in [0, 0.1) is 12.8 Å². The average Bonchev–Trinajstić information content (AvgIpc) is 2.94. The Balaban J connectivity index is 2.15. The third-order valence-electron chi connectivity index (χ3n) is 3.85. The molecule has 0 saturated carbocycles. The maximum absolute atomic E-state index is 11.9. The van der Waals surface area contributed by atoms with Crippen molar-refractivity contribution >= 4 is 5.97 Å². The smallest absolute Gasteiger partial charge is 0.358 e. The monoisotopic (exact) mass is 357 g/mol. The van der Waals surface area contributed by atoms with Crippen molar-refractivity contribution < 1.29 is 14.3 Å². The Labute approximate surface area is 154 Å². The molecular weight excluding hydrogens is 330 g/mol. The second kappa shape index (κ2) is 8.65. The summed E-state index contributed by atoms with van der Waals surface area (Å²) in [5.74, 6) is 0.689. The fourth-order valence-electron chi connectivity index (χ4n) is 2.71. The predicted octanol–water partition coefficient (Wildman–Crippen LogP) is 3.95. The minimum Gasteiger partial charge on any atom is -0.473 e. The largest absolute Gasteiger partial charge is 0.473 e. The second-order valence-corrected chi connectivity index (χ2v) is 6.73. The van der Waals surface area contributed by atoms with Gasteiger partial charge in [-0.15, -0.1) is 0 Å². The zero-order valence-electron chi connectivity index (χ0n) is 16.2. The van der Waals surface area contributed by atoms with Gasteiger partial charge in [-0.05, 0) is 43.4 Å². The third kappa shape index (κ3) is 4.94. The van der Waals surface area contributed by atoms with Crippen LogP contribution >= 0.6 is 0 Å². The molecule has 26 heavy (non-hydrogen) atoms. The van der Waals surface area contributed by atoms with Crippen LogP contribution < -0.4 is 4.74 Å². The predicted molar refractivity (Wildman–Crippen MR) is 101 cm³/mol. The quantitative estimate of drug-likeness (QED) is 0.529. The lowest BCUT2D eigenvalue weighted by Gasteiger charge is -2.12. The molecule has 0 aliphatic carbocycles. The van der Waals surface area contributed by atoms with Crippen molar-refractivity contribution in [3.63, 3.8) is 0 Å². The molecule has 0 radical (unpaired) electrons. The van der Waals surface area contributed by atoms with Gasteiger partial charge in [-0.25, -0.2) is 9.78 Å². The number of aryl methyl sites for hydroxylation is 2. The summed E-state index contributed by atoms with van der Waals surface area (Å²) >= 11 is 0. The van der Waals surface area contributed by atoms with Gasteiger partial charge in [0, 0.05) is 24.9 Å². The van der Waals surface area contributed by atoms with E-state index in [1.54, 1.807) is 30.9 Å². The highest BCUT2D eigenvalue weighted by molar-refractivity contribution is 5.88. The van der Waals surface area contributed by atoms with E-state index in [0.717, 1.165) is 28.8 Å². The maximum Gasteiger partial charge on any atom is 0.358 e. The average molecular weight is 357 g/mol. The van der Waals surface area contributed by atoms with Crippen LogP contribution in [0.15, 0.2) is 30.5 Å². The molecule has 0 aliphatic heterocycles. The molecule has 0 bridgehead atoms. The second-order valence-electron chi connectivity index (χ2n) is 6.73. The Kier molecular flexibility index (Phi) is 6.55. The van der Waals surface area contributed by atoms with Gasteiger partial charge in [0.15, 0.2) is 5.69 Å². The van der Waals surface area contributed by atoms with Crippen molar-refractivity contribution in [2.45, 2.75) is 34.1 Å². The molecule has 140 valence electrons. The number of ether oxygens (including phenoxy) is 2. The highest BCUT2D eigenvalue weighted by atomic mass is 16.5. The molecule has 0 saturated heterocycles. The maximum atomic E-state index is 11.9. The number of hydrogen-bond donors (Lipinski definition) is 0. The van der Waals surface area contributed by atoms with Gasteiger partial charge in [0.2, 0.25) is 5.88 Å². The molecule has 2 aromatic rings.